The molecule has 0 saturated carbocycles. The lowest BCUT2D eigenvalue weighted by molar-refractivity contribution is -0.00338. The molecule has 0 atom stereocenters. The monoisotopic (exact) mass is 816 g/mol. The van der Waals surface area contributed by atoms with Gasteiger partial charge in [0.2, 0.25) is 0 Å². The molecule has 0 saturated heterocycles. The van der Waals surface area contributed by atoms with Crippen molar-refractivity contribution in [3.63, 3.8) is 0 Å². The van der Waals surface area contributed by atoms with Crippen LogP contribution in [0.4, 0.5) is 0 Å². The minimum Gasteiger partial charge on any atom is -0.493 e. The van der Waals surface area contributed by atoms with E-state index >= 15 is 0 Å². The molecule has 0 fully saturated rings. The Bertz CT molecular complexity index is 2620. The minimum atomic E-state index is -1.05. The van der Waals surface area contributed by atoms with Crippen LogP contribution >= 0.6 is 0 Å². The van der Waals surface area contributed by atoms with E-state index in [-0.39, 0.29) is 48.7 Å². The molecule has 304 valence electrons. The van der Waals surface area contributed by atoms with Crippen molar-refractivity contribution in [3.8, 4) is 23.0 Å². The third-order valence-electron chi connectivity index (χ3n) is 10.4. The molecule has 0 aliphatic rings. The van der Waals surface area contributed by atoms with Gasteiger partial charge in [-0.3, -0.25) is 0 Å². The molecule has 0 aromatic heterocycles. The Kier molecular flexibility index (Phi) is 10.8. The smallest absolute Gasteiger partial charge is 0.335 e. The van der Waals surface area contributed by atoms with Crippen molar-refractivity contribution < 1.29 is 58.6 Å². The number of ether oxygens (including phenoxy) is 4. The summed E-state index contributed by atoms with van der Waals surface area (Å²) in [6, 6.07) is 40.7. The Morgan fingerprint density at radius 1 is 0.311 bits per heavy atom. The van der Waals surface area contributed by atoms with Crippen LogP contribution in [0.15, 0.2) is 146 Å². The fourth-order valence-electron chi connectivity index (χ4n) is 6.98. The second kappa shape index (κ2) is 16.6. The van der Waals surface area contributed by atoms with Crippen LogP contribution in [0.1, 0.15) is 41.4 Å². The molecule has 8 rings (SSSR count). The Morgan fingerprint density at radius 2 is 0.508 bits per heavy atom. The van der Waals surface area contributed by atoms with Gasteiger partial charge in [0, 0.05) is 0 Å². The van der Waals surface area contributed by atoms with Crippen LogP contribution in [-0.4, -0.2) is 70.7 Å². The molecule has 0 amide bonds. The summed E-state index contributed by atoms with van der Waals surface area (Å²) in [5, 5.41) is 43.9. The van der Waals surface area contributed by atoms with Crippen molar-refractivity contribution in [3.05, 3.63) is 168 Å². The van der Waals surface area contributed by atoms with E-state index in [9.17, 15) is 39.6 Å². The first kappa shape index (κ1) is 39.7. The van der Waals surface area contributed by atoms with E-state index in [1.54, 1.807) is 97.1 Å². The molecule has 12 heteroatoms. The van der Waals surface area contributed by atoms with Gasteiger partial charge >= 0.3 is 23.9 Å². The second-order valence-electron chi connectivity index (χ2n) is 14.8. The quantitative estimate of drug-likeness (QED) is 0.0725. The predicted molar refractivity (Wildman–Crippen MR) is 228 cm³/mol. The second-order valence-corrected chi connectivity index (χ2v) is 14.8. The Labute approximate surface area is 347 Å². The number of hydrogen-bond acceptors (Lipinski definition) is 8. The van der Waals surface area contributed by atoms with Gasteiger partial charge in [-0.25, -0.2) is 19.2 Å². The fraction of sp³-hybridized carbons (Fsp3) is 0.102. The lowest BCUT2D eigenvalue weighted by Crippen LogP contribution is -2.45. The van der Waals surface area contributed by atoms with Crippen LogP contribution in [0.25, 0.3) is 43.1 Å². The number of benzene rings is 8. The zero-order valence-electron chi connectivity index (χ0n) is 32.2. The molecular formula is C49H36O12. The van der Waals surface area contributed by atoms with Gasteiger partial charge in [0.25, 0.3) is 0 Å². The Balaban J connectivity index is 1.14. The van der Waals surface area contributed by atoms with Crippen molar-refractivity contribution in [2.75, 3.05) is 26.4 Å². The molecule has 4 N–H and O–H groups in total. The van der Waals surface area contributed by atoms with Gasteiger partial charge in [-0.05, 0) is 140 Å². The lowest BCUT2D eigenvalue weighted by Gasteiger charge is -2.33. The topological polar surface area (TPSA) is 186 Å². The highest BCUT2D eigenvalue weighted by Crippen LogP contribution is 2.32. The van der Waals surface area contributed by atoms with Crippen LogP contribution in [0.3, 0.4) is 0 Å². The van der Waals surface area contributed by atoms with Crippen molar-refractivity contribution in [2.45, 2.75) is 0 Å². The molecule has 0 radical (unpaired) electrons. The number of carbonyl (C=O) groups is 4. The average molecular weight is 817 g/mol. The molecule has 8 aromatic carbocycles. The van der Waals surface area contributed by atoms with Gasteiger partial charge in [-0.2, -0.15) is 0 Å². The molecule has 0 aliphatic heterocycles. The SMILES string of the molecule is O=C(O)c1ccc2cc(OCC(COc3ccc4cc(C(=O)O)ccc4c3)(COc3ccc4cc(C(=O)O)ccc4c3)COc3ccc4cc(C(=O)O)ccc4c3)ccc2c1. The summed E-state index contributed by atoms with van der Waals surface area (Å²) in [6.07, 6.45) is 0. The number of rotatable bonds is 16. The Hall–Kier alpha value is -8.12. The van der Waals surface area contributed by atoms with Crippen LogP contribution in [0, 0.1) is 5.41 Å². The molecule has 8 aromatic rings. The maximum absolute atomic E-state index is 11.6. The number of fused-ring (bicyclic) bond motifs is 4. The van der Waals surface area contributed by atoms with Gasteiger partial charge in [-0.15, -0.1) is 0 Å². The number of carboxylic acids is 4. The van der Waals surface area contributed by atoms with Gasteiger partial charge in [0.05, 0.1) is 22.3 Å². The van der Waals surface area contributed by atoms with Crippen molar-refractivity contribution >= 4 is 67.0 Å². The van der Waals surface area contributed by atoms with Crippen molar-refractivity contribution in [1.82, 2.24) is 0 Å². The largest absolute Gasteiger partial charge is 0.493 e. The molecule has 12 nitrogen and oxygen atoms in total. The molecule has 61 heavy (non-hydrogen) atoms. The van der Waals surface area contributed by atoms with Gasteiger partial charge in [-0.1, -0.05) is 48.5 Å². The molecule has 0 unspecified atom stereocenters. The molecule has 0 heterocycles. The normalized spacial score (nSPS) is 11.4. The van der Waals surface area contributed by atoms with Crippen molar-refractivity contribution in [2.24, 2.45) is 5.41 Å². The first-order valence-electron chi connectivity index (χ1n) is 19.0. The fourth-order valence-corrected chi connectivity index (χ4v) is 6.98. The number of carboxylic acid groups (broad SMARTS) is 4. The third-order valence-corrected chi connectivity index (χ3v) is 10.4. The van der Waals surface area contributed by atoms with E-state index in [0.29, 0.717) is 23.0 Å². The molecule has 0 aliphatic carbocycles. The minimum absolute atomic E-state index is 0.00632. The highest BCUT2D eigenvalue weighted by Gasteiger charge is 2.36. The summed E-state index contributed by atoms with van der Waals surface area (Å²) in [6.45, 7) is 0.0253. The molecular weight excluding hydrogens is 781 g/mol. The molecule has 0 bridgehead atoms. The number of hydrogen-bond donors (Lipinski definition) is 4. The highest BCUT2D eigenvalue weighted by molar-refractivity contribution is 5.97. The third kappa shape index (κ3) is 8.98. The van der Waals surface area contributed by atoms with Gasteiger partial charge < -0.3 is 39.4 Å². The Morgan fingerprint density at radius 3 is 0.721 bits per heavy atom. The van der Waals surface area contributed by atoms with E-state index in [2.05, 4.69) is 0 Å². The zero-order valence-corrected chi connectivity index (χ0v) is 32.2. The average Bonchev–Trinajstić information content (AvgIpc) is 3.27. The van der Waals surface area contributed by atoms with E-state index in [0.717, 1.165) is 43.1 Å². The predicted octanol–water partition coefficient (Wildman–Crippen LogP) is 9.69. The maximum atomic E-state index is 11.6. The van der Waals surface area contributed by atoms with Gasteiger partial charge in [0.1, 0.15) is 54.8 Å². The standard InChI is InChI=1S/C49H36O12/c50-45(51)37-5-1-33-21-41(13-9-29(33)17-37)58-25-49(26-59-42-14-10-30-18-38(46(52)53)6-2-34(30)22-42,27-60-43-15-11-31-19-39(47(54)55)7-3-35(31)23-43)28-61-44-16-12-32-20-40(48(56)57)8-4-36(32)24-44/h1-24H,25-28H2,(H,50,51)(H,52,53)(H,54,55)(H,56,57). The van der Waals surface area contributed by atoms with E-state index in [4.69, 9.17) is 18.9 Å². The van der Waals surface area contributed by atoms with Crippen LogP contribution in [0.5, 0.6) is 23.0 Å². The van der Waals surface area contributed by atoms with E-state index in [1.165, 1.54) is 24.3 Å². The summed E-state index contributed by atoms with van der Waals surface area (Å²) in [4.78, 5) is 46.4. The molecule has 0 spiro atoms. The zero-order chi connectivity index (χ0) is 42.7. The first-order chi connectivity index (χ1) is 29.4. The summed E-state index contributed by atoms with van der Waals surface area (Å²) in [5.41, 5.74) is -0.400. The maximum Gasteiger partial charge on any atom is 0.335 e. The van der Waals surface area contributed by atoms with Gasteiger partial charge in [0.15, 0.2) is 0 Å². The van der Waals surface area contributed by atoms with Crippen LogP contribution in [-0.2, 0) is 0 Å². The summed E-state index contributed by atoms with van der Waals surface area (Å²) in [7, 11) is 0. The van der Waals surface area contributed by atoms with Crippen LogP contribution in [0.2, 0.25) is 0 Å². The van der Waals surface area contributed by atoms with Crippen LogP contribution < -0.4 is 18.9 Å². The highest BCUT2D eigenvalue weighted by atomic mass is 16.5. The summed E-state index contributed by atoms with van der Waals surface area (Å²) < 4.78 is 26.1. The van der Waals surface area contributed by atoms with E-state index in [1.807, 2.05) is 24.3 Å². The number of aromatic carboxylic acids is 4. The van der Waals surface area contributed by atoms with Crippen molar-refractivity contribution in [1.29, 1.82) is 0 Å². The summed E-state index contributed by atoms with van der Waals surface area (Å²) in [5.74, 6) is -2.13. The van der Waals surface area contributed by atoms with E-state index < -0.39 is 29.3 Å². The lowest BCUT2D eigenvalue weighted by atomic mass is 9.91. The summed E-state index contributed by atoms with van der Waals surface area (Å²) >= 11 is 0. The first-order valence-corrected chi connectivity index (χ1v) is 19.0.